The number of hydrogen-bond donors (Lipinski definition) is 2. The minimum absolute atomic E-state index is 0.125. The molecular weight excluding hydrogens is 243 g/mol. The Hall–Kier alpha value is -1.07. The molecule has 5 heteroatoms. The fourth-order valence-corrected chi connectivity index (χ4v) is 1.76. The Morgan fingerprint density at radius 1 is 1.22 bits per heavy atom. The summed E-state index contributed by atoms with van der Waals surface area (Å²) < 4.78 is 38.6. The number of nitrogens with one attached hydrogen (secondary N) is 1. The quantitative estimate of drug-likeness (QED) is 0.739. The lowest BCUT2D eigenvalue weighted by atomic mass is 10.0. The van der Waals surface area contributed by atoms with Crippen molar-refractivity contribution < 1.29 is 18.3 Å². The lowest BCUT2D eigenvalue weighted by molar-refractivity contribution is 0.251. The predicted molar refractivity (Wildman–Crippen MR) is 63.5 cm³/mol. The van der Waals surface area contributed by atoms with Crippen LogP contribution in [-0.4, -0.2) is 18.3 Å². The largest absolute Gasteiger partial charge is 0.396 e. The summed E-state index contributed by atoms with van der Waals surface area (Å²) in [6.07, 6.45) is 1.61. The van der Waals surface area contributed by atoms with Gasteiger partial charge in [0.05, 0.1) is 0 Å². The molecule has 0 aliphatic rings. The Morgan fingerprint density at radius 3 is 2.33 bits per heavy atom. The van der Waals surface area contributed by atoms with Crippen LogP contribution in [0.3, 0.4) is 0 Å². The van der Waals surface area contributed by atoms with Crippen LogP contribution >= 0.6 is 0 Å². The van der Waals surface area contributed by atoms with Gasteiger partial charge in [-0.15, -0.1) is 0 Å². The van der Waals surface area contributed by atoms with Gasteiger partial charge in [0.25, 0.3) is 0 Å². The van der Waals surface area contributed by atoms with Crippen molar-refractivity contribution in [1.82, 2.24) is 5.32 Å². The molecule has 102 valence electrons. The Labute approximate surface area is 105 Å². The van der Waals surface area contributed by atoms with Crippen LogP contribution in [0.4, 0.5) is 13.2 Å². The SMILES string of the molecule is CCC(CCO)CNCc1cc(F)c(F)c(F)c1. The molecule has 1 rings (SSSR count). The van der Waals surface area contributed by atoms with Crippen LogP contribution in [0.1, 0.15) is 25.3 Å². The summed E-state index contributed by atoms with van der Waals surface area (Å²) >= 11 is 0. The summed E-state index contributed by atoms with van der Waals surface area (Å²) in [5, 5.41) is 11.9. The molecule has 1 aromatic rings. The fourth-order valence-electron chi connectivity index (χ4n) is 1.76. The van der Waals surface area contributed by atoms with Crippen molar-refractivity contribution in [3.8, 4) is 0 Å². The highest BCUT2D eigenvalue weighted by Crippen LogP contribution is 2.13. The average Bonchev–Trinajstić information content (AvgIpc) is 2.34. The van der Waals surface area contributed by atoms with Gasteiger partial charge in [0.1, 0.15) is 0 Å². The standard InChI is InChI=1S/C13H18F3NO/c1-2-9(3-4-18)7-17-8-10-5-11(14)13(16)12(15)6-10/h5-6,9,17-18H,2-4,7-8H2,1H3. The summed E-state index contributed by atoms with van der Waals surface area (Å²) in [5.41, 5.74) is 0.366. The highest BCUT2D eigenvalue weighted by molar-refractivity contribution is 5.19. The van der Waals surface area contributed by atoms with Gasteiger partial charge < -0.3 is 10.4 Å². The molecule has 2 N–H and O–H groups in total. The van der Waals surface area contributed by atoms with Crippen LogP contribution in [0, 0.1) is 23.4 Å². The molecule has 2 nitrogen and oxygen atoms in total. The lowest BCUT2D eigenvalue weighted by Gasteiger charge is -2.14. The van der Waals surface area contributed by atoms with E-state index in [1.54, 1.807) is 0 Å². The zero-order valence-electron chi connectivity index (χ0n) is 10.3. The van der Waals surface area contributed by atoms with Gasteiger partial charge in [0.2, 0.25) is 0 Å². The van der Waals surface area contributed by atoms with Crippen LogP contribution in [0.15, 0.2) is 12.1 Å². The van der Waals surface area contributed by atoms with E-state index in [-0.39, 0.29) is 13.2 Å². The van der Waals surface area contributed by atoms with Gasteiger partial charge in [-0.25, -0.2) is 13.2 Å². The summed E-state index contributed by atoms with van der Waals surface area (Å²) in [6, 6.07) is 1.97. The van der Waals surface area contributed by atoms with E-state index >= 15 is 0 Å². The minimum Gasteiger partial charge on any atom is -0.396 e. The number of hydrogen-bond acceptors (Lipinski definition) is 2. The van der Waals surface area contributed by atoms with Gasteiger partial charge in [-0.05, 0) is 36.6 Å². The second-order valence-electron chi connectivity index (χ2n) is 4.29. The van der Waals surface area contributed by atoms with Gasteiger partial charge in [0.15, 0.2) is 17.5 Å². The van der Waals surface area contributed by atoms with Crippen LogP contribution in [-0.2, 0) is 6.54 Å². The van der Waals surface area contributed by atoms with Crippen LogP contribution < -0.4 is 5.32 Å². The fraction of sp³-hybridized carbons (Fsp3) is 0.538. The molecule has 1 unspecified atom stereocenters. The maximum Gasteiger partial charge on any atom is 0.194 e. The van der Waals surface area contributed by atoms with Crippen LogP contribution in [0.2, 0.25) is 0 Å². The average molecular weight is 261 g/mol. The van der Waals surface area contributed by atoms with Gasteiger partial charge in [-0.3, -0.25) is 0 Å². The Kier molecular flexibility index (Phi) is 6.15. The molecule has 0 saturated carbocycles. The summed E-state index contributed by atoms with van der Waals surface area (Å²) in [4.78, 5) is 0. The van der Waals surface area contributed by atoms with Crippen molar-refractivity contribution in [3.05, 3.63) is 35.1 Å². The molecule has 0 spiro atoms. The van der Waals surface area contributed by atoms with Gasteiger partial charge in [-0.2, -0.15) is 0 Å². The monoisotopic (exact) mass is 261 g/mol. The first-order chi connectivity index (χ1) is 8.58. The van der Waals surface area contributed by atoms with E-state index in [0.29, 0.717) is 24.4 Å². The molecule has 18 heavy (non-hydrogen) atoms. The first kappa shape index (κ1) is 15.0. The normalized spacial score (nSPS) is 12.7. The molecule has 0 aromatic heterocycles. The molecule has 0 fully saturated rings. The first-order valence-corrected chi connectivity index (χ1v) is 6.03. The smallest absolute Gasteiger partial charge is 0.194 e. The second-order valence-corrected chi connectivity index (χ2v) is 4.29. The number of aliphatic hydroxyl groups is 1. The molecule has 0 aliphatic carbocycles. The maximum absolute atomic E-state index is 12.9. The van der Waals surface area contributed by atoms with E-state index in [4.69, 9.17) is 5.11 Å². The lowest BCUT2D eigenvalue weighted by Crippen LogP contribution is -2.23. The van der Waals surface area contributed by atoms with Crippen molar-refractivity contribution in [3.63, 3.8) is 0 Å². The van der Waals surface area contributed by atoms with Crippen molar-refractivity contribution in [2.75, 3.05) is 13.2 Å². The first-order valence-electron chi connectivity index (χ1n) is 6.03. The molecule has 0 aliphatic heterocycles. The zero-order valence-corrected chi connectivity index (χ0v) is 10.3. The molecule has 0 heterocycles. The number of aliphatic hydroxyl groups excluding tert-OH is 1. The molecule has 0 saturated heterocycles. The Morgan fingerprint density at radius 2 is 1.83 bits per heavy atom. The van der Waals surface area contributed by atoms with Crippen LogP contribution in [0.25, 0.3) is 0 Å². The molecule has 0 amide bonds. The third-order valence-electron chi connectivity index (χ3n) is 2.92. The van der Waals surface area contributed by atoms with Crippen LogP contribution in [0.5, 0.6) is 0 Å². The van der Waals surface area contributed by atoms with Crippen molar-refractivity contribution in [2.45, 2.75) is 26.3 Å². The van der Waals surface area contributed by atoms with Crippen molar-refractivity contribution >= 4 is 0 Å². The third-order valence-corrected chi connectivity index (χ3v) is 2.92. The van der Waals surface area contributed by atoms with E-state index in [2.05, 4.69) is 5.32 Å². The van der Waals surface area contributed by atoms with Crippen molar-refractivity contribution in [1.29, 1.82) is 0 Å². The maximum atomic E-state index is 12.9. The molecule has 0 radical (unpaired) electrons. The molecule has 1 aromatic carbocycles. The highest BCUT2D eigenvalue weighted by Gasteiger charge is 2.11. The van der Waals surface area contributed by atoms with Gasteiger partial charge in [-0.1, -0.05) is 13.3 Å². The molecule has 0 bridgehead atoms. The topological polar surface area (TPSA) is 32.3 Å². The van der Waals surface area contributed by atoms with Crippen molar-refractivity contribution in [2.24, 2.45) is 5.92 Å². The van der Waals surface area contributed by atoms with E-state index in [9.17, 15) is 13.2 Å². The Bertz CT molecular complexity index is 361. The van der Waals surface area contributed by atoms with Gasteiger partial charge in [0, 0.05) is 13.2 Å². The van der Waals surface area contributed by atoms with E-state index in [1.807, 2.05) is 6.92 Å². The number of halogens is 3. The number of rotatable bonds is 7. The summed E-state index contributed by atoms with van der Waals surface area (Å²) in [7, 11) is 0. The van der Waals surface area contributed by atoms with E-state index in [1.165, 1.54) is 0 Å². The minimum atomic E-state index is -1.44. The molecular formula is C13H18F3NO. The highest BCUT2D eigenvalue weighted by atomic mass is 19.2. The second kappa shape index (κ2) is 7.38. The predicted octanol–water partition coefficient (Wildman–Crippen LogP) is 2.60. The van der Waals surface area contributed by atoms with Gasteiger partial charge >= 0.3 is 0 Å². The van der Waals surface area contributed by atoms with E-state index < -0.39 is 17.5 Å². The summed E-state index contributed by atoms with van der Waals surface area (Å²) in [6.45, 7) is 3.06. The Balaban J connectivity index is 2.48. The third kappa shape index (κ3) is 4.31. The number of benzene rings is 1. The zero-order chi connectivity index (χ0) is 13.5. The summed E-state index contributed by atoms with van der Waals surface area (Å²) in [5.74, 6) is -3.46. The molecule has 1 atom stereocenters. The van der Waals surface area contributed by atoms with E-state index in [0.717, 1.165) is 18.6 Å².